The fourth-order valence-corrected chi connectivity index (χ4v) is 4.04. The smallest absolute Gasteiger partial charge is 0.338 e. The van der Waals surface area contributed by atoms with Gasteiger partial charge in [0.15, 0.2) is 6.61 Å². The lowest BCUT2D eigenvalue weighted by atomic mass is 9.88. The van der Waals surface area contributed by atoms with Crippen molar-refractivity contribution in [2.75, 3.05) is 13.7 Å². The Hall–Kier alpha value is -2.71. The monoisotopic (exact) mass is 402 g/mol. The first-order chi connectivity index (χ1) is 13.4. The van der Waals surface area contributed by atoms with E-state index >= 15 is 0 Å². The predicted molar refractivity (Wildman–Crippen MR) is 103 cm³/mol. The maximum atomic E-state index is 12.2. The highest BCUT2D eigenvalue weighted by Gasteiger charge is 2.22. The molecule has 2 N–H and O–H groups in total. The summed E-state index contributed by atoms with van der Waals surface area (Å²) in [5, 5.41) is 2.90. The van der Waals surface area contributed by atoms with Gasteiger partial charge in [-0.25, -0.2) is 17.9 Å². The van der Waals surface area contributed by atoms with E-state index in [0.717, 1.165) is 24.8 Å². The first-order valence-corrected chi connectivity index (χ1v) is 10.5. The van der Waals surface area contributed by atoms with Crippen molar-refractivity contribution in [3.63, 3.8) is 0 Å². The number of hydrogen-bond acceptors (Lipinski definition) is 5. The molecule has 0 unspecified atom stereocenters. The molecule has 8 heteroatoms. The Balaban J connectivity index is 1.60. The predicted octanol–water partition coefficient (Wildman–Crippen LogP) is 1.95. The van der Waals surface area contributed by atoms with Gasteiger partial charge in [0.1, 0.15) is 0 Å². The van der Waals surface area contributed by atoms with Crippen LogP contribution in [0, 0.1) is 0 Å². The number of esters is 1. The summed E-state index contributed by atoms with van der Waals surface area (Å²) in [6, 6.07) is 13.3. The highest BCUT2D eigenvalue weighted by Crippen LogP contribution is 2.29. The Kier molecular flexibility index (Phi) is 6.11. The molecule has 28 heavy (non-hydrogen) atoms. The topological polar surface area (TPSA) is 102 Å². The van der Waals surface area contributed by atoms with Gasteiger partial charge in [0.25, 0.3) is 5.91 Å². The summed E-state index contributed by atoms with van der Waals surface area (Å²) >= 11 is 0. The van der Waals surface area contributed by atoms with E-state index in [1.54, 1.807) is 0 Å². The number of benzene rings is 2. The summed E-state index contributed by atoms with van der Waals surface area (Å²) in [5.41, 5.74) is 2.38. The van der Waals surface area contributed by atoms with E-state index in [0.29, 0.717) is 0 Å². The molecule has 0 heterocycles. The molecule has 1 atom stereocenters. The Bertz CT molecular complexity index is 988. The number of rotatable bonds is 6. The standard InChI is InChI=1S/C20H22N2O5S/c1-21-28(25,26)16-9-4-8-15(12-16)20(24)27-13-19(23)22-18-11-5-7-14-6-2-3-10-17(14)18/h2-4,6,8-10,12,18,21H,5,7,11,13H2,1H3,(H,22,23)/t18-/m0/s1. The molecule has 3 rings (SSSR count). The van der Waals surface area contributed by atoms with Crippen LogP contribution < -0.4 is 10.0 Å². The van der Waals surface area contributed by atoms with Gasteiger partial charge in [-0.1, -0.05) is 30.3 Å². The average molecular weight is 402 g/mol. The molecule has 148 valence electrons. The number of nitrogens with one attached hydrogen (secondary N) is 2. The van der Waals surface area contributed by atoms with Crippen LogP contribution in [0.5, 0.6) is 0 Å². The van der Waals surface area contributed by atoms with Crippen molar-refractivity contribution in [3.05, 3.63) is 65.2 Å². The fourth-order valence-electron chi connectivity index (χ4n) is 3.26. The van der Waals surface area contributed by atoms with Gasteiger partial charge in [-0.05, 0) is 55.6 Å². The number of ether oxygens (including phenoxy) is 1. The van der Waals surface area contributed by atoms with Crippen molar-refractivity contribution in [2.24, 2.45) is 0 Å². The van der Waals surface area contributed by atoms with E-state index in [1.165, 1.54) is 36.9 Å². The lowest BCUT2D eigenvalue weighted by Gasteiger charge is -2.26. The van der Waals surface area contributed by atoms with E-state index < -0.39 is 28.5 Å². The molecule has 7 nitrogen and oxygen atoms in total. The lowest BCUT2D eigenvalue weighted by molar-refractivity contribution is -0.125. The van der Waals surface area contributed by atoms with Crippen LogP contribution in [0.25, 0.3) is 0 Å². The van der Waals surface area contributed by atoms with Crippen LogP contribution in [0.3, 0.4) is 0 Å². The van der Waals surface area contributed by atoms with Crippen molar-refractivity contribution in [1.29, 1.82) is 0 Å². The second-order valence-corrected chi connectivity index (χ2v) is 8.41. The largest absolute Gasteiger partial charge is 0.452 e. The number of aryl methyl sites for hydroxylation is 1. The Morgan fingerprint density at radius 1 is 1.14 bits per heavy atom. The third-order valence-corrected chi connectivity index (χ3v) is 6.10. The van der Waals surface area contributed by atoms with E-state index in [4.69, 9.17) is 4.74 Å². The van der Waals surface area contributed by atoms with Gasteiger partial charge in [-0.3, -0.25) is 4.79 Å². The van der Waals surface area contributed by atoms with Crippen LogP contribution >= 0.6 is 0 Å². The zero-order valence-electron chi connectivity index (χ0n) is 15.5. The molecule has 0 bridgehead atoms. The van der Waals surface area contributed by atoms with Crippen LogP contribution in [0.15, 0.2) is 53.4 Å². The normalized spacial score (nSPS) is 16.1. The number of amides is 1. The molecule has 1 aliphatic carbocycles. The summed E-state index contributed by atoms with van der Waals surface area (Å²) in [5.74, 6) is -1.15. The molecule has 0 aliphatic heterocycles. The van der Waals surface area contributed by atoms with Crippen molar-refractivity contribution in [1.82, 2.24) is 10.0 Å². The van der Waals surface area contributed by atoms with Crippen LogP contribution in [0.4, 0.5) is 0 Å². The van der Waals surface area contributed by atoms with Gasteiger partial charge < -0.3 is 10.1 Å². The molecule has 0 saturated heterocycles. The number of hydrogen-bond donors (Lipinski definition) is 2. The van der Waals surface area contributed by atoms with Gasteiger partial charge in [-0.2, -0.15) is 0 Å². The molecule has 0 spiro atoms. The molecule has 2 aromatic rings. The molecule has 0 fully saturated rings. The molecular weight excluding hydrogens is 380 g/mol. The summed E-state index contributed by atoms with van der Waals surface area (Å²) in [6.07, 6.45) is 2.80. The van der Waals surface area contributed by atoms with Crippen molar-refractivity contribution in [3.8, 4) is 0 Å². The fraction of sp³-hybridized carbons (Fsp3) is 0.300. The molecule has 0 radical (unpaired) electrons. The van der Waals surface area contributed by atoms with E-state index in [9.17, 15) is 18.0 Å². The van der Waals surface area contributed by atoms with E-state index in [1.807, 2.05) is 18.2 Å². The maximum absolute atomic E-state index is 12.2. The van der Waals surface area contributed by atoms with Gasteiger partial charge in [0.05, 0.1) is 16.5 Å². The Morgan fingerprint density at radius 3 is 2.71 bits per heavy atom. The molecule has 0 saturated carbocycles. The summed E-state index contributed by atoms with van der Waals surface area (Å²) < 4.78 is 30.9. The van der Waals surface area contributed by atoms with Crippen molar-refractivity contribution < 1.29 is 22.7 Å². The molecular formula is C20H22N2O5S. The van der Waals surface area contributed by atoms with Gasteiger partial charge in [0.2, 0.25) is 10.0 Å². The quantitative estimate of drug-likeness (QED) is 0.719. The second kappa shape index (κ2) is 8.53. The van der Waals surface area contributed by atoms with E-state index in [2.05, 4.69) is 16.1 Å². The third kappa shape index (κ3) is 4.58. The molecule has 1 aliphatic rings. The molecule has 0 aromatic heterocycles. The van der Waals surface area contributed by atoms with Gasteiger partial charge in [0, 0.05) is 0 Å². The SMILES string of the molecule is CNS(=O)(=O)c1cccc(C(=O)OCC(=O)N[C@H]2CCCc3ccccc32)c1. The second-order valence-electron chi connectivity index (χ2n) is 6.52. The minimum absolute atomic E-state index is 0.0484. The van der Waals surface area contributed by atoms with Gasteiger partial charge in [-0.15, -0.1) is 0 Å². The lowest BCUT2D eigenvalue weighted by Crippen LogP contribution is -2.34. The van der Waals surface area contributed by atoms with Gasteiger partial charge >= 0.3 is 5.97 Å². The third-order valence-electron chi connectivity index (χ3n) is 4.69. The maximum Gasteiger partial charge on any atom is 0.338 e. The minimum Gasteiger partial charge on any atom is -0.452 e. The van der Waals surface area contributed by atoms with Crippen molar-refractivity contribution >= 4 is 21.9 Å². The minimum atomic E-state index is -3.67. The summed E-state index contributed by atoms with van der Waals surface area (Å²) in [6.45, 7) is -0.430. The Morgan fingerprint density at radius 2 is 1.93 bits per heavy atom. The highest BCUT2D eigenvalue weighted by molar-refractivity contribution is 7.89. The van der Waals surface area contributed by atoms with Crippen LogP contribution in [-0.4, -0.2) is 33.9 Å². The zero-order chi connectivity index (χ0) is 20.1. The molecule has 2 aromatic carbocycles. The number of sulfonamides is 1. The zero-order valence-corrected chi connectivity index (χ0v) is 16.3. The number of carbonyl (C=O) groups excluding carboxylic acids is 2. The van der Waals surface area contributed by atoms with Crippen LogP contribution in [0.2, 0.25) is 0 Å². The average Bonchev–Trinajstić information content (AvgIpc) is 2.72. The number of fused-ring (bicyclic) bond motifs is 1. The van der Waals surface area contributed by atoms with Crippen LogP contribution in [0.1, 0.15) is 40.4 Å². The van der Waals surface area contributed by atoms with E-state index in [-0.39, 0.29) is 16.5 Å². The number of carbonyl (C=O) groups is 2. The molecule has 1 amide bonds. The first-order valence-electron chi connectivity index (χ1n) is 8.98. The first kappa shape index (κ1) is 20.0. The Labute approximate surface area is 164 Å². The summed E-state index contributed by atoms with van der Waals surface area (Å²) in [4.78, 5) is 24.4. The highest BCUT2D eigenvalue weighted by atomic mass is 32.2. The van der Waals surface area contributed by atoms with Crippen molar-refractivity contribution in [2.45, 2.75) is 30.2 Å². The summed E-state index contributed by atoms with van der Waals surface area (Å²) in [7, 11) is -2.38. The van der Waals surface area contributed by atoms with Crippen LogP contribution in [-0.2, 0) is 26.0 Å².